The van der Waals surface area contributed by atoms with Crippen LogP contribution in [0.2, 0.25) is 0 Å². The van der Waals surface area contributed by atoms with Crippen molar-refractivity contribution in [3.05, 3.63) is 58.8 Å². The molecular formula is C14H8BrFN2O. The lowest BCUT2D eigenvalue weighted by Crippen LogP contribution is -1.79. The van der Waals surface area contributed by atoms with E-state index in [9.17, 15) is 4.39 Å². The highest BCUT2D eigenvalue weighted by Gasteiger charge is 2.12. The fourth-order valence-electron chi connectivity index (χ4n) is 1.70. The molecule has 0 amide bonds. The lowest BCUT2D eigenvalue weighted by molar-refractivity contribution is 0.581. The van der Waals surface area contributed by atoms with Crippen molar-refractivity contribution in [1.82, 2.24) is 10.2 Å². The van der Waals surface area contributed by atoms with Gasteiger partial charge in [0.05, 0.1) is 5.56 Å². The Labute approximate surface area is 117 Å². The van der Waals surface area contributed by atoms with Gasteiger partial charge >= 0.3 is 0 Å². The summed E-state index contributed by atoms with van der Waals surface area (Å²) < 4.78 is 19.6. The molecule has 0 aliphatic carbocycles. The molecule has 0 N–H and O–H groups in total. The van der Waals surface area contributed by atoms with Crippen LogP contribution in [0.3, 0.4) is 0 Å². The van der Waals surface area contributed by atoms with Gasteiger partial charge in [0, 0.05) is 10.0 Å². The summed E-state index contributed by atoms with van der Waals surface area (Å²) in [6.45, 7) is 0. The van der Waals surface area contributed by atoms with Crippen molar-refractivity contribution in [3.63, 3.8) is 0 Å². The molecular weight excluding hydrogens is 311 g/mol. The molecule has 0 radical (unpaired) electrons. The maximum Gasteiger partial charge on any atom is 0.249 e. The Morgan fingerprint density at radius 1 is 0.947 bits per heavy atom. The SMILES string of the molecule is Fc1cccc(-c2nnc(-c3ccccc3Br)o2)c1. The molecule has 0 fully saturated rings. The molecule has 3 aromatic rings. The van der Waals surface area contributed by atoms with Crippen LogP contribution in [0.25, 0.3) is 22.9 Å². The zero-order valence-electron chi connectivity index (χ0n) is 9.68. The van der Waals surface area contributed by atoms with Crippen molar-refractivity contribution in [1.29, 1.82) is 0 Å². The summed E-state index contributed by atoms with van der Waals surface area (Å²) in [6.07, 6.45) is 0. The first-order chi connectivity index (χ1) is 9.24. The highest BCUT2D eigenvalue weighted by atomic mass is 79.9. The topological polar surface area (TPSA) is 38.9 Å². The van der Waals surface area contributed by atoms with E-state index in [0.717, 1.165) is 10.0 Å². The lowest BCUT2D eigenvalue weighted by Gasteiger charge is -1.97. The molecule has 0 saturated carbocycles. The molecule has 0 aliphatic heterocycles. The van der Waals surface area contributed by atoms with Gasteiger partial charge in [-0.25, -0.2) is 4.39 Å². The standard InChI is InChI=1S/C14H8BrFN2O/c15-12-7-2-1-6-11(12)14-18-17-13(19-14)9-4-3-5-10(16)8-9/h1-8H. The van der Waals surface area contributed by atoms with E-state index in [1.165, 1.54) is 12.1 Å². The van der Waals surface area contributed by atoms with Gasteiger partial charge in [-0.1, -0.05) is 18.2 Å². The summed E-state index contributed by atoms with van der Waals surface area (Å²) in [5, 5.41) is 7.93. The monoisotopic (exact) mass is 318 g/mol. The first-order valence-corrected chi connectivity index (χ1v) is 6.38. The van der Waals surface area contributed by atoms with E-state index in [1.807, 2.05) is 24.3 Å². The van der Waals surface area contributed by atoms with Gasteiger partial charge in [-0.15, -0.1) is 10.2 Å². The van der Waals surface area contributed by atoms with Gasteiger partial charge in [-0.05, 0) is 46.3 Å². The third-order valence-corrected chi connectivity index (χ3v) is 3.29. The van der Waals surface area contributed by atoms with Crippen molar-refractivity contribution < 1.29 is 8.81 Å². The molecule has 0 saturated heterocycles. The van der Waals surface area contributed by atoms with E-state index >= 15 is 0 Å². The van der Waals surface area contributed by atoms with Crippen LogP contribution in [-0.4, -0.2) is 10.2 Å². The van der Waals surface area contributed by atoms with Crippen LogP contribution in [0.4, 0.5) is 4.39 Å². The number of nitrogens with zero attached hydrogens (tertiary/aromatic N) is 2. The zero-order valence-corrected chi connectivity index (χ0v) is 11.3. The van der Waals surface area contributed by atoms with Gasteiger partial charge < -0.3 is 4.42 Å². The van der Waals surface area contributed by atoms with E-state index in [0.29, 0.717) is 17.3 Å². The zero-order chi connectivity index (χ0) is 13.2. The smallest absolute Gasteiger partial charge is 0.249 e. The van der Waals surface area contributed by atoms with Crippen LogP contribution in [0.1, 0.15) is 0 Å². The molecule has 3 nitrogen and oxygen atoms in total. The summed E-state index contributed by atoms with van der Waals surface area (Å²) in [4.78, 5) is 0. The minimum absolute atomic E-state index is 0.297. The molecule has 0 bridgehead atoms. The van der Waals surface area contributed by atoms with Crippen LogP contribution < -0.4 is 0 Å². The maximum atomic E-state index is 13.1. The molecule has 5 heteroatoms. The van der Waals surface area contributed by atoms with E-state index < -0.39 is 0 Å². The van der Waals surface area contributed by atoms with Crippen LogP contribution in [0.5, 0.6) is 0 Å². The average molecular weight is 319 g/mol. The second kappa shape index (κ2) is 4.93. The fraction of sp³-hybridized carbons (Fsp3) is 0. The number of halogens is 2. The van der Waals surface area contributed by atoms with Crippen molar-refractivity contribution in [2.45, 2.75) is 0 Å². The highest BCUT2D eigenvalue weighted by molar-refractivity contribution is 9.10. The van der Waals surface area contributed by atoms with E-state index in [-0.39, 0.29) is 5.82 Å². The Kier molecular flexibility index (Phi) is 3.13. The fourth-order valence-corrected chi connectivity index (χ4v) is 2.16. The Morgan fingerprint density at radius 2 is 1.74 bits per heavy atom. The van der Waals surface area contributed by atoms with Gasteiger partial charge in [-0.2, -0.15) is 0 Å². The largest absolute Gasteiger partial charge is 0.416 e. The quantitative estimate of drug-likeness (QED) is 0.707. The van der Waals surface area contributed by atoms with Gasteiger partial charge in [-0.3, -0.25) is 0 Å². The van der Waals surface area contributed by atoms with Crippen LogP contribution in [0, 0.1) is 5.82 Å². The molecule has 94 valence electrons. The molecule has 0 aliphatic rings. The minimum atomic E-state index is -0.335. The van der Waals surface area contributed by atoms with E-state index in [4.69, 9.17) is 4.42 Å². The van der Waals surface area contributed by atoms with Crippen LogP contribution in [-0.2, 0) is 0 Å². The molecule has 3 rings (SSSR count). The van der Waals surface area contributed by atoms with Crippen molar-refractivity contribution in [3.8, 4) is 22.9 Å². The minimum Gasteiger partial charge on any atom is -0.416 e. The molecule has 0 atom stereocenters. The Bertz CT molecular complexity index is 727. The molecule has 0 spiro atoms. The Balaban J connectivity index is 2.03. The predicted octanol–water partition coefficient (Wildman–Crippen LogP) is 4.31. The summed E-state index contributed by atoms with van der Waals surface area (Å²) in [7, 11) is 0. The number of rotatable bonds is 2. The summed E-state index contributed by atoms with van der Waals surface area (Å²) in [5.74, 6) is 0.357. The van der Waals surface area contributed by atoms with Gasteiger partial charge in [0.25, 0.3) is 0 Å². The third kappa shape index (κ3) is 2.42. The molecule has 0 unspecified atom stereocenters. The van der Waals surface area contributed by atoms with Crippen molar-refractivity contribution in [2.24, 2.45) is 0 Å². The lowest BCUT2D eigenvalue weighted by atomic mass is 10.2. The van der Waals surface area contributed by atoms with Crippen LogP contribution >= 0.6 is 15.9 Å². The summed E-state index contributed by atoms with van der Waals surface area (Å²) in [5.41, 5.74) is 1.36. The summed E-state index contributed by atoms with van der Waals surface area (Å²) in [6, 6.07) is 13.6. The number of hydrogen-bond donors (Lipinski definition) is 0. The van der Waals surface area contributed by atoms with Crippen LogP contribution in [0.15, 0.2) is 57.4 Å². The van der Waals surface area contributed by atoms with Crippen molar-refractivity contribution >= 4 is 15.9 Å². The highest BCUT2D eigenvalue weighted by Crippen LogP contribution is 2.29. The van der Waals surface area contributed by atoms with Crippen molar-refractivity contribution in [2.75, 3.05) is 0 Å². The molecule has 2 aromatic carbocycles. The predicted molar refractivity (Wildman–Crippen MR) is 72.8 cm³/mol. The molecule has 19 heavy (non-hydrogen) atoms. The first kappa shape index (κ1) is 12.0. The first-order valence-electron chi connectivity index (χ1n) is 5.58. The summed E-state index contributed by atoms with van der Waals surface area (Å²) >= 11 is 3.42. The normalized spacial score (nSPS) is 10.6. The van der Waals surface area contributed by atoms with Gasteiger partial charge in [0.2, 0.25) is 11.8 Å². The van der Waals surface area contributed by atoms with E-state index in [2.05, 4.69) is 26.1 Å². The second-order valence-electron chi connectivity index (χ2n) is 3.90. The van der Waals surface area contributed by atoms with E-state index in [1.54, 1.807) is 12.1 Å². The number of hydrogen-bond acceptors (Lipinski definition) is 3. The van der Waals surface area contributed by atoms with Gasteiger partial charge in [0.15, 0.2) is 0 Å². The number of aromatic nitrogens is 2. The average Bonchev–Trinajstić information content (AvgIpc) is 2.89. The Morgan fingerprint density at radius 3 is 2.53 bits per heavy atom. The maximum absolute atomic E-state index is 13.1. The third-order valence-electron chi connectivity index (χ3n) is 2.60. The number of benzene rings is 2. The second-order valence-corrected chi connectivity index (χ2v) is 4.76. The molecule has 1 aromatic heterocycles. The Hall–Kier alpha value is -2.01. The molecule has 1 heterocycles. The van der Waals surface area contributed by atoms with Gasteiger partial charge in [0.1, 0.15) is 5.82 Å².